The zero-order chi connectivity index (χ0) is 12.9. The average Bonchev–Trinajstić information content (AvgIpc) is 2.50. The van der Waals surface area contributed by atoms with Crippen LogP contribution in [0.1, 0.15) is 24.4 Å². The first-order chi connectivity index (χ1) is 9.43. The van der Waals surface area contributed by atoms with E-state index in [0.717, 1.165) is 38.8 Å². The van der Waals surface area contributed by atoms with E-state index < -0.39 is 0 Å². The topological polar surface area (TPSA) is 37.4 Å². The van der Waals surface area contributed by atoms with E-state index >= 15 is 0 Å². The van der Waals surface area contributed by atoms with Crippen molar-refractivity contribution in [2.24, 2.45) is 5.92 Å². The van der Waals surface area contributed by atoms with E-state index in [1.807, 2.05) is 18.5 Å². The number of nitrogens with zero attached hydrogens (tertiary/aromatic N) is 2. The van der Waals surface area contributed by atoms with Crippen molar-refractivity contribution >= 4 is 0 Å². The van der Waals surface area contributed by atoms with Crippen molar-refractivity contribution in [3.05, 3.63) is 30.1 Å². The van der Waals surface area contributed by atoms with E-state index in [1.165, 1.54) is 24.9 Å². The molecule has 4 heteroatoms. The molecule has 4 nitrogen and oxygen atoms in total. The number of piperazine rings is 1. The number of ether oxygens (including phenoxy) is 1. The summed E-state index contributed by atoms with van der Waals surface area (Å²) in [4.78, 5) is 6.90. The van der Waals surface area contributed by atoms with Crippen LogP contribution in [0.5, 0.6) is 0 Å². The highest BCUT2D eigenvalue weighted by Gasteiger charge is 2.26. The maximum atomic E-state index is 5.46. The van der Waals surface area contributed by atoms with Gasteiger partial charge in [0, 0.05) is 57.8 Å². The smallest absolute Gasteiger partial charge is 0.0488 e. The van der Waals surface area contributed by atoms with Crippen molar-refractivity contribution in [1.29, 1.82) is 0 Å². The van der Waals surface area contributed by atoms with Crippen LogP contribution >= 0.6 is 0 Å². The van der Waals surface area contributed by atoms with E-state index in [0.29, 0.717) is 6.04 Å². The zero-order valence-corrected chi connectivity index (χ0v) is 11.4. The minimum absolute atomic E-state index is 0.477. The van der Waals surface area contributed by atoms with Gasteiger partial charge in [0.25, 0.3) is 0 Å². The molecular weight excluding hydrogens is 238 g/mol. The predicted molar refractivity (Wildman–Crippen MR) is 75.0 cm³/mol. The van der Waals surface area contributed by atoms with Gasteiger partial charge in [0.05, 0.1) is 0 Å². The summed E-state index contributed by atoms with van der Waals surface area (Å²) in [6.07, 6.45) is 6.28. The fourth-order valence-corrected chi connectivity index (χ4v) is 3.13. The van der Waals surface area contributed by atoms with Crippen LogP contribution in [0.25, 0.3) is 0 Å². The molecule has 2 aliphatic heterocycles. The molecular formula is C15H23N3O. The SMILES string of the molecule is c1cncc(C2CNCCN2CC2CCOCC2)c1. The molecule has 0 spiro atoms. The van der Waals surface area contributed by atoms with E-state index in [-0.39, 0.29) is 0 Å². The first-order valence-electron chi connectivity index (χ1n) is 7.36. The lowest BCUT2D eigenvalue weighted by atomic mass is 9.97. The highest BCUT2D eigenvalue weighted by atomic mass is 16.5. The molecule has 1 atom stereocenters. The van der Waals surface area contributed by atoms with Gasteiger partial charge in [-0.25, -0.2) is 0 Å². The second kappa shape index (κ2) is 6.46. The minimum atomic E-state index is 0.477. The van der Waals surface area contributed by atoms with Crippen molar-refractivity contribution in [1.82, 2.24) is 15.2 Å². The first-order valence-corrected chi connectivity index (χ1v) is 7.36. The Morgan fingerprint density at radius 1 is 1.37 bits per heavy atom. The van der Waals surface area contributed by atoms with Crippen molar-refractivity contribution in [2.75, 3.05) is 39.4 Å². The molecule has 0 aromatic carbocycles. The van der Waals surface area contributed by atoms with Crippen LogP contribution in [0, 0.1) is 5.92 Å². The quantitative estimate of drug-likeness (QED) is 0.894. The van der Waals surface area contributed by atoms with Crippen LogP contribution in [0.15, 0.2) is 24.5 Å². The lowest BCUT2D eigenvalue weighted by Gasteiger charge is -2.39. The number of aromatic nitrogens is 1. The van der Waals surface area contributed by atoms with Gasteiger partial charge in [-0.3, -0.25) is 9.88 Å². The molecule has 2 aliphatic rings. The van der Waals surface area contributed by atoms with Gasteiger partial charge < -0.3 is 10.1 Å². The summed E-state index contributed by atoms with van der Waals surface area (Å²) in [5.41, 5.74) is 1.33. The van der Waals surface area contributed by atoms with Gasteiger partial charge in [0.2, 0.25) is 0 Å². The standard InChI is InChI=1S/C15H23N3O/c1-2-14(10-16-5-1)15-11-17-6-7-18(15)12-13-3-8-19-9-4-13/h1-2,5,10,13,15,17H,3-4,6-9,11-12H2. The number of pyridine rings is 1. The largest absolute Gasteiger partial charge is 0.381 e. The van der Waals surface area contributed by atoms with Crippen LogP contribution in [0.3, 0.4) is 0 Å². The molecule has 104 valence electrons. The predicted octanol–water partition coefficient (Wildman–Crippen LogP) is 1.45. The Hall–Kier alpha value is -0.970. The van der Waals surface area contributed by atoms with E-state index in [2.05, 4.69) is 21.3 Å². The molecule has 2 fully saturated rings. The van der Waals surface area contributed by atoms with Crippen LogP contribution < -0.4 is 5.32 Å². The summed E-state index contributed by atoms with van der Waals surface area (Å²) >= 11 is 0. The summed E-state index contributed by atoms with van der Waals surface area (Å²) < 4.78 is 5.46. The summed E-state index contributed by atoms with van der Waals surface area (Å²) in [6.45, 7) is 6.35. The van der Waals surface area contributed by atoms with Gasteiger partial charge in [-0.1, -0.05) is 6.07 Å². The Kier molecular flexibility index (Phi) is 4.43. The Bertz CT molecular complexity index is 378. The first kappa shape index (κ1) is 13.0. The number of hydrogen-bond acceptors (Lipinski definition) is 4. The molecule has 19 heavy (non-hydrogen) atoms. The van der Waals surface area contributed by atoms with E-state index in [1.54, 1.807) is 0 Å². The zero-order valence-electron chi connectivity index (χ0n) is 11.4. The van der Waals surface area contributed by atoms with Gasteiger partial charge in [-0.2, -0.15) is 0 Å². The second-order valence-electron chi connectivity index (χ2n) is 5.56. The van der Waals surface area contributed by atoms with Crippen LogP contribution in [-0.2, 0) is 4.74 Å². The molecule has 1 aromatic heterocycles. The molecule has 2 saturated heterocycles. The molecule has 0 aliphatic carbocycles. The van der Waals surface area contributed by atoms with Gasteiger partial charge >= 0.3 is 0 Å². The fourth-order valence-electron chi connectivity index (χ4n) is 3.13. The molecule has 0 bridgehead atoms. The highest BCUT2D eigenvalue weighted by Crippen LogP contribution is 2.25. The normalized spacial score (nSPS) is 26.4. The lowest BCUT2D eigenvalue weighted by molar-refractivity contribution is 0.0407. The van der Waals surface area contributed by atoms with Crippen LogP contribution in [-0.4, -0.2) is 49.3 Å². The number of rotatable bonds is 3. The number of hydrogen-bond donors (Lipinski definition) is 1. The average molecular weight is 261 g/mol. The maximum absolute atomic E-state index is 5.46. The van der Waals surface area contributed by atoms with Crippen LogP contribution in [0.4, 0.5) is 0 Å². The highest BCUT2D eigenvalue weighted by molar-refractivity contribution is 5.15. The maximum Gasteiger partial charge on any atom is 0.0488 e. The summed E-state index contributed by atoms with van der Waals surface area (Å²) in [5.74, 6) is 0.797. The Balaban J connectivity index is 1.66. The van der Waals surface area contributed by atoms with Crippen molar-refractivity contribution in [3.8, 4) is 0 Å². The van der Waals surface area contributed by atoms with Gasteiger partial charge in [0.1, 0.15) is 0 Å². The third-order valence-corrected chi connectivity index (χ3v) is 4.26. The molecule has 1 aromatic rings. The summed E-state index contributed by atoms with van der Waals surface area (Å²) in [5, 5.41) is 3.51. The van der Waals surface area contributed by atoms with Crippen LogP contribution in [0.2, 0.25) is 0 Å². The van der Waals surface area contributed by atoms with E-state index in [9.17, 15) is 0 Å². The molecule has 0 amide bonds. The lowest BCUT2D eigenvalue weighted by Crippen LogP contribution is -2.48. The summed E-state index contributed by atoms with van der Waals surface area (Å²) in [6, 6.07) is 4.71. The van der Waals surface area contributed by atoms with Crippen molar-refractivity contribution in [2.45, 2.75) is 18.9 Å². The molecule has 3 heterocycles. The second-order valence-corrected chi connectivity index (χ2v) is 5.56. The molecule has 3 rings (SSSR count). The van der Waals surface area contributed by atoms with Crippen molar-refractivity contribution in [3.63, 3.8) is 0 Å². The van der Waals surface area contributed by atoms with Gasteiger partial charge in [-0.05, 0) is 30.4 Å². The molecule has 0 radical (unpaired) electrons. The third kappa shape index (κ3) is 3.32. The Morgan fingerprint density at radius 3 is 3.05 bits per heavy atom. The van der Waals surface area contributed by atoms with Gasteiger partial charge in [0.15, 0.2) is 0 Å². The Labute approximate surface area is 115 Å². The fraction of sp³-hybridized carbons (Fsp3) is 0.667. The van der Waals surface area contributed by atoms with E-state index in [4.69, 9.17) is 4.74 Å². The molecule has 1 unspecified atom stereocenters. The monoisotopic (exact) mass is 261 g/mol. The van der Waals surface area contributed by atoms with Crippen molar-refractivity contribution < 1.29 is 4.74 Å². The minimum Gasteiger partial charge on any atom is -0.381 e. The van der Waals surface area contributed by atoms with Gasteiger partial charge in [-0.15, -0.1) is 0 Å². The Morgan fingerprint density at radius 2 is 2.26 bits per heavy atom. The molecule has 1 N–H and O–H groups in total. The number of nitrogens with one attached hydrogen (secondary N) is 1. The third-order valence-electron chi connectivity index (χ3n) is 4.26. The summed E-state index contributed by atoms with van der Waals surface area (Å²) in [7, 11) is 0. The molecule has 0 saturated carbocycles.